The minimum absolute atomic E-state index is 0.471. The summed E-state index contributed by atoms with van der Waals surface area (Å²) in [6.07, 6.45) is 7.19. The van der Waals surface area contributed by atoms with Crippen LogP contribution in [0, 0.1) is 5.92 Å². The Labute approximate surface area is 117 Å². The van der Waals surface area contributed by atoms with Crippen LogP contribution in [0.25, 0.3) is 0 Å². The largest absolute Gasteiger partial charge is 0.320 e. The van der Waals surface area contributed by atoms with Gasteiger partial charge in [-0.2, -0.15) is 0 Å². The van der Waals surface area contributed by atoms with Gasteiger partial charge in [0.1, 0.15) is 12.2 Å². The van der Waals surface area contributed by atoms with Crippen LogP contribution in [-0.2, 0) is 13.6 Å². The molecular formula is C14H20N4S. The van der Waals surface area contributed by atoms with Gasteiger partial charge in [-0.15, -0.1) is 21.5 Å². The van der Waals surface area contributed by atoms with Crippen molar-refractivity contribution < 1.29 is 0 Å². The molecule has 2 aromatic rings. The molecule has 1 N–H and O–H groups in total. The Morgan fingerprint density at radius 1 is 1.47 bits per heavy atom. The van der Waals surface area contributed by atoms with Crippen LogP contribution in [-0.4, -0.2) is 14.8 Å². The fourth-order valence-corrected chi connectivity index (χ4v) is 3.82. The molecule has 1 saturated carbocycles. The first-order valence-electron chi connectivity index (χ1n) is 6.94. The fourth-order valence-electron chi connectivity index (χ4n) is 2.93. The Balaban J connectivity index is 1.71. The van der Waals surface area contributed by atoms with Crippen LogP contribution in [0.5, 0.6) is 0 Å². The molecule has 5 heteroatoms. The van der Waals surface area contributed by atoms with E-state index in [-0.39, 0.29) is 0 Å². The topological polar surface area (TPSA) is 42.7 Å². The number of hydrogen-bond donors (Lipinski definition) is 1. The summed E-state index contributed by atoms with van der Waals surface area (Å²) in [6.45, 7) is 0.787. The van der Waals surface area contributed by atoms with E-state index in [0.717, 1.165) is 18.3 Å². The third-order valence-electron chi connectivity index (χ3n) is 4.01. The smallest absolute Gasteiger partial charge is 0.146 e. The molecular weight excluding hydrogens is 256 g/mol. The van der Waals surface area contributed by atoms with Gasteiger partial charge < -0.3 is 9.88 Å². The lowest BCUT2D eigenvalue weighted by Gasteiger charge is -2.23. The zero-order valence-corrected chi connectivity index (χ0v) is 12.1. The van der Waals surface area contributed by atoms with Crippen molar-refractivity contribution in [2.24, 2.45) is 13.0 Å². The third kappa shape index (κ3) is 2.87. The lowest BCUT2D eigenvalue weighted by molar-refractivity contribution is 0.365. The van der Waals surface area contributed by atoms with E-state index in [1.807, 2.05) is 23.0 Å². The standard InChI is InChI=1S/C14H20N4S/c1-18-10-16-17-13(18)9-15-14(11-5-2-3-6-11)12-7-4-8-19-12/h4,7-8,10-11,14-15H,2-3,5-6,9H2,1H3. The molecule has 1 fully saturated rings. The van der Waals surface area contributed by atoms with Crippen molar-refractivity contribution in [3.05, 3.63) is 34.5 Å². The second kappa shape index (κ2) is 5.84. The number of thiophene rings is 1. The number of nitrogens with one attached hydrogen (secondary N) is 1. The molecule has 0 aliphatic heterocycles. The Bertz CT molecular complexity index is 499. The number of hydrogen-bond acceptors (Lipinski definition) is 4. The monoisotopic (exact) mass is 276 g/mol. The molecule has 1 unspecified atom stereocenters. The van der Waals surface area contributed by atoms with E-state index in [4.69, 9.17) is 0 Å². The highest BCUT2D eigenvalue weighted by Gasteiger charge is 2.26. The Kier molecular flexibility index (Phi) is 3.94. The van der Waals surface area contributed by atoms with Crippen LogP contribution in [0.15, 0.2) is 23.8 Å². The van der Waals surface area contributed by atoms with E-state index in [2.05, 4.69) is 33.0 Å². The summed E-state index contributed by atoms with van der Waals surface area (Å²) >= 11 is 1.85. The molecule has 0 bridgehead atoms. The van der Waals surface area contributed by atoms with Gasteiger partial charge in [-0.3, -0.25) is 0 Å². The summed E-state index contributed by atoms with van der Waals surface area (Å²) in [7, 11) is 1.99. The fraction of sp³-hybridized carbons (Fsp3) is 0.571. The summed E-state index contributed by atoms with van der Waals surface area (Å²) in [6, 6.07) is 4.86. The van der Waals surface area contributed by atoms with Gasteiger partial charge >= 0.3 is 0 Å². The van der Waals surface area contributed by atoms with E-state index in [1.54, 1.807) is 6.33 Å². The molecule has 1 atom stereocenters. The zero-order chi connectivity index (χ0) is 13.1. The summed E-state index contributed by atoms with van der Waals surface area (Å²) in [5.41, 5.74) is 0. The molecule has 3 rings (SSSR count). The van der Waals surface area contributed by atoms with Crippen LogP contribution >= 0.6 is 11.3 Å². The van der Waals surface area contributed by atoms with Crippen LogP contribution in [0.3, 0.4) is 0 Å². The Morgan fingerprint density at radius 2 is 2.32 bits per heavy atom. The Morgan fingerprint density at radius 3 is 2.95 bits per heavy atom. The van der Waals surface area contributed by atoms with Crippen molar-refractivity contribution in [2.75, 3.05) is 0 Å². The summed E-state index contributed by atoms with van der Waals surface area (Å²) in [4.78, 5) is 1.45. The molecule has 1 aliphatic carbocycles. The first kappa shape index (κ1) is 12.8. The van der Waals surface area contributed by atoms with Crippen molar-refractivity contribution in [3.8, 4) is 0 Å². The third-order valence-corrected chi connectivity index (χ3v) is 4.96. The van der Waals surface area contributed by atoms with Crippen molar-refractivity contribution in [2.45, 2.75) is 38.3 Å². The van der Waals surface area contributed by atoms with Crippen LogP contribution < -0.4 is 5.32 Å². The van der Waals surface area contributed by atoms with E-state index in [0.29, 0.717) is 6.04 Å². The first-order valence-corrected chi connectivity index (χ1v) is 7.82. The molecule has 19 heavy (non-hydrogen) atoms. The maximum Gasteiger partial charge on any atom is 0.146 e. The van der Waals surface area contributed by atoms with Gasteiger partial charge in [-0.1, -0.05) is 18.9 Å². The minimum Gasteiger partial charge on any atom is -0.320 e. The Hall–Kier alpha value is -1.20. The number of nitrogens with zero attached hydrogens (tertiary/aromatic N) is 3. The SMILES string of the molecule is Cn1cnnc1CNC(c1cccs1)C1CCCC1. The predicted molar refractivity (Wildman–Crippen MR) is 76.9 cm³/mol. The van der Waals surface area contributed by atoms with E-state index in [1.165, 1.54) is 30.6 Å². The van der Waals surface area contributed by atoms with Gasteiger partial charge in [0.25, 0.3) is 0 Å². The molecule has 0 saturated heterocycles. The second-order valence-corrected chi connectivity index (χ2v) is 6.26. The summed E-state index contributed by atoms with van der Waals surface area (Å²) in [5.74, 6) is 1.77. The number of aryl methyl sites for hydroxylation is 1. The average molecular weight is 276 g/mol. The highest BCUT2D eigenvalue weighted by molar-refractivity contribution is 7.10. The summed E-state index contributed by atoms with van der Waals surface area (Å²) in [5, 5.41) is 13.9. The molecule has 102 valence electrons. The molecule has 0 amide bonds. The van der Waals surface area contributed by atoms with E-state index in [9.17, 15) is 0 Å². The maximum atomic E-state index is 4.15. The van der Waals surface area contributed by atoms with Crippen molar-refractivity contribution >= 4 is 11.3 Å². The van der Waals surface area contributed by atoms with Gasteiger partial charge in [-0.05, 0) is 30.2 Å². The molecule has 2 heterocycles. The van der Waals surface area contributed by atoms with Gasteiger partial charge in [0, 0.05) is 18.0 Å². The maximum absolute atomic E-state index is 4.15. The van der Waals surface area contributed by atoms with E-state index < -0.39 is 0 Å². The summed E-state index contributed by atoms with van der Waals surface area (Å²) < 4.78 is 1.98. The normalized spacial score (nSPS) is 17.9. The van der Waals surface area contributed by atoms with Gasteiger partial charge in [-0.25, -0.2) is 0 Å². The molecule has 0 radical (unpaired) electrons. The number of aromatic nitrogens is 3. The molecule has 4 nitrogen and oxygen atoms in total. The lowest BCUT2D eigenvalue weighted by atomic mass is 9.97. The number of rotatable bonds is 5. The molecule has 0 spiro atoms. The van der Waals surface area contributed by atoms with Crippen molar-refractivity contribution in [1.29, 1.82) is 0 Å². The first-order chi connectivity index (χ1) is 9.34. The zero-order valence-electron chi connectivity index (χ0n) is 11.2. The van der Waals surface area contributed by atoms with Gasteiger partial charge in [0.05, 0.1) is 6.54 Å². The lowest BCUT2D eigenvalue weighted by Crippen LogP contribution is -2.27. The van der Waals surface area contributed by atoms with Crippen molar-refractivity contribution in [3.63, 3.8) is 0 Å². The van der Waals surface area contributed by atoms with Crippen molar-refractivity contribution in [1.82, 2.24) is 20.1 Å². The van der Waals surface area contributed by atoms with Crippen LogP contribution in [0.2, 0.25) is 0 Å². The predicted octanol–water partition coefficient (Wildman–Crippen LogP) is 2.90. The molecule has 1 aliphatic rings. The molecule has 0 aromatic carbocycles. The molecule has 2 aromatic heterocycles. The quantitative estimate of drug-likeness (QED) is 0.913. The van der Waals surface area contributed by atoms with Crippen LogP contribution in [0.4, 0.5) is 0 Å². The average Bonchev–Trinajstić information content (AvgIpc) is 3.13. The van der Waals surface area contributed by atoms with Gasteiger partial charge in [0.2, 0.25) is 0 Å². The van der Waals surface area contributed by atoms with E-state index >= 15 is 0 Å². The minimum atomic E-state index is 0.471. The van der Waals surface area contributed by atoms with Crippen LogP contribution in [0.1, 0.15) is 42.4 Å². The highest BCUT2D eigenvalue weighted by atomic mass is 32.1. The second-order valence-electron chi connectivity index (χ2n) is 5.28. The highest BCUT2D eigenvalue weighted by Crippen LogP contribution is 2.37. The van der Waals surface area contributed by atoms with Gasteiger partial charge in [0.15, 0.2) is 0 Å².